The van der Waals surface area contributed by atoms with Crippen LogP contribution in [0.1, 0.15) is 60.8 Å². The lowest BCUT2D eigenvalue weighted by atomic mass is 9.92. The fourth-order valence-corrected chi connectivity index (χ4v) is 3.69. The Morgan fingerprint density at radius 2 is 2.00 bits per heavy atom. The predicted octanol–water partition coefficient (Wildman–Crippen LogP) is 3.38. The molecular weight excluding hydrogens is 326 g/mol. The Bertz CT molecular complexity index is 798. The van der Waals surface area contributed by atoms with Crippen LogP contribution in [0.5, 0.6) is 0 Å². The molecule has 3 rings (SSSR count). The molecule has 138 valence electrons. The normalized spacial score (nSPS) is 18.0. The molecule has 1 aliphatic heterocycles. The van der Waals surface area contributed by atoms with Gasteiger partial charge in [0.2, 0.25) is 0 Å². The van der Waals surface area contributed by atoms with Crippen molar-refractivity contribution < 1.29 is 4.79 Å². The molecule has 1 saturated heterocycles. The third kappa shape index (κ3) is 4.59. The van der Waals surface area contributed by atoms with Gasteiger partial charge in [-0.05, 0) is 49.1 Å². The number of aromatic amines is 1. The molecule has 1 aliphatic rings. The van der Waals surface area contributed by atoms with Gasteiger partial charge in [0, 0.05) is 18.8 Å². The van der Waals surface area contributed by atoms with Gasteiger partial charge in [-0.1, -0.05) is 44.2 Å². The minimum absolute atomic E-state index is 0.130. The van der Waals surface area contributed by atoms with Crippen LogP contribution in [0.15, 0.2) is 41.2 Å². The zero-order chi connectivity index (χ0) is 18.5. The van der Waals surface area contributed by atoms with Crippen LogP contribution in [0.4, 0.5) is 0 Å². The van der Waals surface area contributed by atoms with E-state index in [9.17, 15) is 9.59 Å². The summed E-state index contributed by atoms with van der Waals surface area (Å²) >= 11 is 0. The van der Waals surface area contributed by atoms with E-state index < -0.39 is 5.69 Å². The van der Waals surface area contributed by atoms with Crippen molar-refractivity contribution >= 4 is 5.91 Å². The van der Waals surface area contributed by atoms with Gasteiger partial charge in [-0.15, -0.1) is 0 Å². The molecule has 1 fully saturated rings. The summed E-state index contributed by atoms with van der Waals surface area (Å²) in [5.74, 6) is 0.758. The molecule has 1 amide bonds. The Labute approximate surface area is 154 Å². The van der Waals surface area contributed by atoms with Gasteiger partial charge in [-0.25, -0.2) is 4.79 Å². The molecule has 2 heterocycles. The van der Waals surface area contributed by atoms with Crippen molar-refractivity contribution in [2.24, 2.45) is 5.92 Å². The second-order valence-electron chi connectivity index (χ2n) is 7.53. The smallest absolute Gasteiger partial charge is 0.337 e. The fourth-order valence-electron chi connectivity index (χ4n) is 3.69. The van der Waals surface area contributed by atoms with Gasteiger partial charge >= 0.3 is 5.69 Å². The molecule has 1 atom stereocenters. The highest BCUT2D eigenvalue weighted by Gasteiger charge is 2.23. The van der Waals surface area contributed by atoms with Crippen LogP contribution in [-0.4, -0.2) is 33.9 Å². The number of benzene rings is 1. The van der Waals surface area contributed by atoms with Gasteiger partial charge < -0.3 is 9.88 Å². The van der Waals surface area contributed by atoms with E-state index in [1.165, 1.54) is 5.56 Å². The van der Waals surface area contributed by atoms with Crippen LogP contribution in [0.25, 0.3) is 0 Å². The van der Waals surface area contributed by atoms with Gasteiger partial charge in [0.25, 0.3) is 5.91 Å². The minimum Gasteiger partial charge on any atom is -0.337 e. The Morgan fingerprint density at radius 3 is 2.73 bits per heavy atom. The number of hydrogen-bond donors (Lipinski definition) is 1. The van der Waals surface area contributed by atoms with E-state index in [1.54, 1.807) is 6.07 Å². The molecule has 5 heteroatoms. The molecule has 2 aromatic rings. The Hall–Kier alpha value is -2.43. The van der Waals surface area contributed by atoms with Gasteiger partial charge in [0.05, 0.1) is 0 Å². The number of nitrogens with zero attached hydrogens (tertiary/aromatic N) is 2. The molecule has 1 aromatic heterocycles. The topological polar surface area (TPSA) is 66.1 Å². The first-order valence-corrected chi connectivity index (χ1v) is 9.47. The van der Waals surface area contributed by atoms with E-state index in [4.69, 9.17) is 0 Å². The number of nitrogens with one attached hydrogen (secondary N) is 1. The maximum atomic E-state index is 12.9. The van der Waals surface area contributed by atoms with Crippen molar-refractivity contribution in [2.45, 2.75) is 45.4 Å². The number of amides is 1. The highest BCUT2D eigenvalue weighted by molar-refractivity contribution is 5.92. The molecule has 5 nitrogen and oxygen atoms in total. The summed E-state index contributed by atoms with van der Waals surface area (Å²) < 4.78 is 0. The van der Waals surface area contributed by atoms with Crippen LogP contribution in [0.3, 0.4) is 0 Å². The first-order chi connectivity index (χ1) is 12.5. The van der Waals surface area contributed by atoms with E-state index in [0.29, 0.717) is 18.4 Å². The van der Waals surface area contributed by atoms with Gasteiger partial charge in [0.1, 0.15) is 5.69 Å². The van der Waals surface area contributed by atoms with E-state index in [1.807, 2.05) is 11.0 Å². The number of likely N-dealkylation sites (tertiary alicyclic amines) is 1. The molecule has 1 N–H and O–H groups in total. The van der Waals surface area contributed by atoms with Crippen molar-refractivity contribution in [3.63, 3.8) is 0 Å². The summed E-state index contributed by atoms with van der Waals surface area (Å²) in [6.07, 6.45) is 3.72. The molecule has 26 heavy (non-hydrogen) atoms. The number of H-pyrrole nitrogens is 1. The van der Waals surface area contributed by atoms with E-state index in [2.05, 4.69) is 48.1 Å². The monoisotopic (exact) mass is 353 g/mol. The summed E-state index contributed by atoms with van der Waals surface area (Å²) in [6.45, 7) is 5.58. The van der Waals surface area contributed by atoms with Crippen LogP contribution >= 0.6 is 0 Å². The largest absolute Gasteiger partial charge is 0.345 e. The molecule has 0 radical (unpaired) electrons. The van der Waals surface area contributed by atoms with Crippen LogP contribution < -0.4 is 5.69 Å². The number of rotatable bonds is 4. The van der Waals surface area contributed by atoms with Gasteiger partial charge in [0.15, 0.2) is 0 Å². The second-order valence-corrected chi connectivity index (χ2v) is 7.53. The molecule has 0 spiro atoms. The summed E-state index contributed by atoms with van der Waals surface area (Å²) in [6, 6.07) is 12.2. The second kappa shape index (κ2) is 8.30. The standard InChI is InChI=1S/C21H27N3O2/c1-15(2)13-18-14-19(23-21(26)22-18)20(25)24-11-6-9-17(10-12-24)16-7-4-3-5-8-16/h3-5,7-8,14-15,17H,6,9-13H2,1-2H3,(H,22,23,26). The minimum atomic E-state index is -0.441. The number of aromatic nitrogens is 2. The Morgan fingerprint density at radius 1 is 1.23 bits per heavy atom. The number of carbonyl (C=O) groups is 1. The highest BCUT2D eigenvalue weighted by Crippen LogP contribution is 2.28. The van der Waals surface area contributed by atoms with Crippen LogP contribution in [0, 0.1) is 5.92 Å². The molecular formula is C21H27N3O2. The van der Waals surface area contributed by atoms with Gasteiger partial charge in [-0.2, -0.15) is 4.98 Å². The fraction of sp³-hybridized carbons (Fsp3) is 0.476. The summed E-state index contributed by atoms with van der Waals surface area (Å²) in [4.78, 5) is 33.3. The maximum Gasteiger partial charge on any atom is 0.345 e. The lowest BCUT2D eigenvalue weighted by Gasteiger charge is -2.20. The average molecular weight is 353 g/mol. The van der Waals surface area contributed by atoms with Crippen molar-refractivity contribution in [3.8, 4) is 0 Å². The summed E-state index contributed by atoms with van der Waals surface area (Å²) in [5.41, 5.74) is 1.95. The predicted molar refractivity (Wildman–Crippen MR) is 102 cm³/mol. The summed E-state index contributed by atoms with van der Waals surface area (Å²) in [7, 11) is 0. The molecule has 1 aromatic carbocycles. The first-order valence-electron chi connectivity index (χ1n) is 9.47. The molecule has 1 unspecified atom stereocenters. The van der Waals surface area contributed by atoms with Gasteiger partial charge in [-0.3, -0.25) is 4.79 Å². The highest BCUT2D eigenvalue weighted by atomic mass is 16.2. The number of hydrogen-bond acceptors (Lipinski definition) is 3. The first kappa shape index (κ1) is 18.4. The third-order valence-corrected chi connectivity index (χ3v) is 4.93. The van der Waals surface area contributed by atoms with E-state index in [0.717, 1.165) is 37.9 Å². The quantitative estimate of drug-likeness (QED) is 0.916. The Balaban J connectivity index is 1.72. The van der Waals surface area contributed by atoms with Crippen molar-refractivity contribution in [1.82, 2.24) is 14.9 Å². The molecule has 0 aliphatic carbocycles. The zero-order valence-corrected chi connectivity index (χ0v) is 15.6. The third-order valence-electron chi connectivity index (χ3n) is 4.93. The SMILES string of the molecule is CC(C)Cc1cc(C(=O)N2CCCC(c3ccccc3)CC2)nc(=O)[nH]1. The molecule has 0 bridgehead atoms. The Kier molecular flexibility index (Phi) is 5.86. The van der Waals surface area contributed by atoms with E-state index in [-0.39, 0.29) is 11.6 Å². The lowest BCUT2D eigenvalue weighted by Crippen LogP contribution is -2.34. The van der Waals surface area contributed by atoms with E-state index >= 15 is 0 Å². The average Bonchev–Trinajstić information content (AvgIpc) is 2.87. The lowest BCUT2D eigenvalue weighted by molar-refractivity contribution is 0.0754. The molecule has 0 saturated carbocycles. The zero-order valence-electron chi connectivity index (χ0n) is 15.6. The van der Waals surface area contributed by atoms with Crippen LogP contribution in [-0.2, 0) is 6.42 Å². The van der Waals surface area contributed by atoms with Crippen molar-refractivity contribution in [1.29, 1.82) is 0 Å². The van der Waals surface area contributed by atoms with Crippen LogP contribution in [0.2, 0.25) is 0 Å². The van der Waals surface area contributed by atoms with Crippen molar-refractivity contribution in [2.75, 3.05) is 13.1 Å². The maximum absolute atomic E-state index is 12.9. The summed E-state index contributed by atoms with van der Waals surface area (Å²) in [5, 5.41) is 0. The van der Waals surface area contributed by atoms with Crippen molar-refractivity contribution in [3.05, 3.63) is 63.8 Å². The number of carbonyl (C=O) groups excluding carboxylic acids is 1.